The Hall–Kier alpha value is -2.56. The third-order valence-corrected chi connectivity index (χ3v) is 2.22. The predicted octanol–water partition coefficient (Wildman–Crippen LogP) is 2.34. The lowest BCUT2D eigenvalue weighted by Crippen LogP contribution is -2.03. The SMILES string of the molecule is O=C(O)c1cc(-c2ccccc2)oc1C(=O)O. The number of aromatic carboxylic acids is 2. The van der Waals surface area contributed by atoms with Crippen LogP contribution in [-0.2, 0) is 0 Å². The van der Waals surface area contributed by atoms with E-state index in [1.807, 2.05) is 0 Å². The van der Waals surface area contributed by atoms with Gasteiger partial charge in [0.2, 0.25) is 5.76 Å². The van der Waals surface area contributed by atoms with Gasteiger partial charge in [0.25, 0.3) is 0 Å². The van der Waals surface area contributed by atoms with Crippen molar-refractivity contribution >= 4 is 11.9 Å². The Morgan fingerprint density at radius 3 is 2.12 bits per heavy atom. The molecule has 0 amide bonds. The second-order valence-corrected chi connectivity index (χ2v) is 3.33. The molecule has 2 N–H and O–H groups in total. The van der Waals surface area contributed by atoms with Crippen molar-refractivity contribution in [1.29, 1.82) is 0 Å². The van der Waals surface area contributed by atoms with Crippen LogP contribution in [-0.4, -0.2) is 22.2 Å². The molecule has 5 nitrogen and oxygen atoms in total. The number of carboxylic acid groups (broad SMARTS) is 2. The van der Waals surface area contributed by atoms with Crippen LogP contribution in [0.1, 0.15) is 20.9 Å². The molecular weight excluding hydrogens is 224 g/mol. The normalized spacial score (nSPS) is 10.1. The predicted molar refractivity (Wildman–Crippen MR) is 58.1 cm³/mol. The number of rotatable bonds is 3. The van der Waals surface area contributed by atoms with E-state index in [2.05, 4.69) is 0 Å². The molecule has 0 radical (unpaired) electrons. The van der Waals surface area contributed by atoms with Crippen molar-refractivity contribution in [3.05, 3.63) is 47.7 Å². The van der Waals surface area contributed by atoms with Crippen molar-refractivity contribution in [3.63, 3.8) is 0 Å². The lowest BCUT2D eigenvalue weighted by atomic mass is 10.1. The molecule has 0 fully saturated rings. The molecule has 1 aromatic heterocycles. The van der Waals surface area contributed by atoms with Gasteiger partial charge in [0.15, 0.2) is 0 Å². The van der Waals surface area contributed by atoms with E-state index in [1.54, 1.807) is 30.3 Å². The van der Waals surface area contributed by atoms with Gasteiger partial charge in [0.05, 0.1) is 0 Å². The minimum absolute atomic E-state index is 0.223. The van der Waals surface area contributed by atoms with Crippen LogP contribution in [0.15, 0.2) is 40.8 Å². The Morgan fingerprint density at radius 1 is 1.00 bits per heavy atom. The van der Waals surface area contributed by atoms with Gasteiger partial charge in [0.1, 0.15) is 11.3 Å². The highest BCUT2D eigenvalue weighted by molar-refractivity contribution is 6.00. The van der Waals surface area contributed by atoms with Crippen molar-refractivity contribution in [3.8, 4) is 11.3 Å². The van der Waals surface area contributed by atoms with Crippen LogP contribution in [0.25, 0.3) is 11.3 Å². The number of furan rings is 1. The number of carbonyl (C=O) groups is 2. The first-order chi connectivity index (χ1) is 8.09. The average molecular weight is 232 g/mol. The molecule has 0 spiro atoms. The van der Waals surface area contributed by atoms with E-state index in [-0.39, 0.29) is 11.3 Å². The zero-order valence-electron chi connectivity index (χ0n) is 8.58. The number of hydrogen-bond donors (Lipinski definition) is 2. The van der Waals surface area contributed by atoms with Crippen molar-refractivity contribution < 1.29 is 24.2 Å². The van der Waals surface area contributed by atoms with Crippen molar-refractivity contribution in [2.75, 3.05) is 0 Å². The molecule has 0 aliphatic rings. The van der Waals surface area contributed by atoms with Gasteiger partial charge in [-0.3, -0.25) is 0 Å². The van der Waals surface area contributed by atoms with Crippen LogP contribution in [0.5, 0.6) is 0 Å². The van der Waals surface area contributed by atoms with E-state index in [0.717, 1.165) is 0 Å². The highest BCUT2D eigenvalue weighted by atomic mass is 16.4. The molecule has 17 heavy (non-hydrogen) atoms. The number of carboxylic acids is 2. The summed E-state index contributed by atoms with van der Waals surface area (Å²) in [5.74, 6) is -3.06. The number of benzene rings is 1. The van der Waals surface area contributed by atoms with Gasteiger partial charge in [-0.05, 0) is 6.07 Å². The Morgan fingerprint density at radius 2 is 1.65 bits per heavy atom. The molecule has 0 aliphatic carbocycles. The van der Waals surface area contributed by atoms with E-state index in [4.69, 9.17) is 14.6 Å². The lowest BCUT2D eigenvalue weighted by molar-refractivity contribution is 0.0626. The van der Waals surface area contributed by atoms with Gasteiger partial charge in [-0.2, -0.15) is 0 Å². The van der Waals surface area contributed by atoms with Crippen LogP contribution in [0.3, 0.4) is 0 Å². The lowest BCUT2D eigenvalue weighted by Gasteiger charge is -1.94. The Labute approximate surface area is 95.9 Å². The van der Waals surface area contributed by atoms with E-state index in [9.17, 15) is 9.59 Å². The molecule has 0 saturated heterocycles. The Kier molecular flexibility index (Phi) is 2.66. The molecule has 86 valence electrons. The van der Waals surface area contributed by atoms with E-state index in [0.29, 0.717) is 5.56 Å². The minimum atomic E-state index is -1.40. The largest absolute Gasteiger partial charge is 0.478 e. The number of hydrogen-bond acceptors (Lipinski definition) is 3. The van der Waals surface area contributed by atoms with Gasteiger partial charge in [-0.1, -0.05) is 30.3 Å². The zero-order valence-corrected chi connectivity index (χ0v) is 8.58. The maximum atomic E-state index is 10.8. The smallest absolute Gasteiger partial charge is 0.372 e. The van der Waals surface area contributed by atoms with Crippen molar-refractivity contribution in [2.24, 2.45) is 0 Å². The minimum Gasteiger partial charge on any atom is -0.478 e. The van der Waals surface area contributed by atoms with Gasteiger partial charge in [-0.25, -0.2) is 9.59 Å². The summed E-state index contributed by atoms with van der Waals surface area (Å²) in [5.41, 5.74) is 0.277. The fourth-order valence-electron chi connectivity index (χ4n) is 1.45. The fraction of sp³-hybridized carbons (Fsp3) is 0. The summed E-state index contributed by atoms with van der Waals surface area (Å²) < 4.78 is 5.04. The van der Waals surface area contributed by atoms with E-state index >= 15 is 0 Å². The standard InChI is InChI=1S/C12H8O5/c13-11(14)8-6-9(17-10(8)12(15)16)7-4-2-1-3-5-7/h1-6H,(H,13,14)(H,15,16). The van der Waals surface area contributed by atoms with Gasteiger partial charge < -0.3 is 14.6 Å². The molecule has 2 rings (SSSR count). The summed E-state index contributed by atoms with van der Waals surface area (Å²) in [6.07, 6.45) is 0. The van der Waals surface area contributed by atoms with E-state index < -0.39 is 17.7 Å². The first-order valence-corrected chi connectivity index (χ1v) is 4.75. The summed E-state index contributed by atoms with van der Waals surface area (Å²) >= 11 is 0. The maximum absolute atomic E-state index is 10.8. The second-order valence-electron chi connectivity index (χ2n) is 3.33. The van der Waals surface area contributed by atoms with Crippen LogP contribution < -0.4 is 0 Å². The molecular formula is C12H8O5. The summed E-state index contributed by atoms with van der Waals surface area (Å²) in [6, 6.07) is 9.91. The quantitative estimate of drug-likeness (QED) is 0.847. The monoisotopic (exact) mass is 232 g/mol. The summed E-state index contributed by atoms with van der Waals surface area (Å²) in [7, 11) is 0. The molecule has 0 atom stereocenters. The van der Waals surface area contributed by atoms with Crippen molar-refractivity contribution in [1.82, 2.24) is 0 Å². The van der Waals surface area contributed by atoms with Crippen LogP contribution >= 0.6 is 0 Å². The third kappa shape index (κ3) is 2.03. The molecule has 0 aliphatic heterocycles. The van der Waals surface area contributed by atoms with Gasteiger partial charge in [-0.15, -0.1) is 0 Å². The molecule has 5 heteroatoms. The zero-order chi connectivity index (χ0) is 12.4. The summed E-state index contributed by atoms with van der Waals surface area (Å²) in [6.45, 7) is 0. The van der Waals surface area contributed by atoms with Gasteiger partial charge in [0, 0.05) is 5.56 Å². The fourth-order valence-corrected chi connectivity index (χ4v) is 1.45. The Bertz CT molecular complexity index is 536. The summed E-state index contributed by atoms with van der Waals surface area (Å²) in [4.78, 5) is 21.7. The van der Waals surface area contributed by atoms with E-state index in [1.165, 1.54) is 6.07 Å². The second kappa shape index (κ2) is 4.13. The van der Waals surface area contributed by atoms with Crippen LogP contribution in [0.2, 0.25) is 0 Å². The van der Waals surface area contributed by atoms with Crippen LogP contribution in [0, 0.1) is 0 Å². The average Bonchev–Trinajstić information content (AvgIpc) is 2.75. The van der Waals surface area contributed by atoms with Gasteiger partial charge >= 0.3 is 11.9 Å². The topological polar surface area (TPSA) is 87.7 Å². The molecule has 0 saturated carbocycles. The molecule has 1 heterocycles. The molecule has 0 bridgehead atoms. The van der Waals surface area contributed by atoms with Crippen LogP contribution in [0.4, 0.5) is 0 Å². The molecule has 2 aromatic rings. The Balaban J connectivity index is 2.55. The molecule has 0 unspecified atom stereocenters. The highest BCUT2D eigenvalue weighted by Gasteiger charge is 2.22. The van der Waals surface area contributed by atoms with Crippen molar-refractivity contribution in [2.45, 2.75) is 0 Å². The first-order valence-electron chi connectivity index (χ1n) is 4.75. The molecule has 1 aromatic carbocycles. The summed E-state index contributed by atoms with van der Waals surface area (Å²) in [5, 5.41) is 17.7. The third-order valence-electron chi connectivity index (χ3n) is 2.22. The first kappa shape index (κ1) is 10.9. The maximum Gasteiger partial charge on any atom is 0.372 e. The highest BCUT2D eigenvalue weighted by Crippen LogP contribution is 2.25.